The molecule has 0 spiro atoms. The summed E-state index contributed by atoms with van der Waals surface area (Å²) in [5.74, 6) is 0.354. The first-order valence-electron chi connectivity index (χ1n) is 6.53. The number of rotatable bonds is 6. The summed E-state index contributed by atoms with van der Waals surface area (Å²) in [5.41, 5.74) is 1.03. The average Bonchev–Trinajstić information content (AvgIpc) is 3.04. The fourth-order valence-electron chi connectivity index (χ4n) is 1.96. The number of thiophene rings is 1. The predicted molar refractivity (Wildman–Crippen MR) is 83.2 cm³/mol. The van der Waals surface area contributed by atoms with Crippen LogP contribution in [0.25, 0.3) is 0 Å². The molecule has 0 radical (unpaired) electrons. The van der Waals surface area contributed by atoms with Crippen molar-refractivity contribution in [2.45, 2.75) is 39.8 Å². The first-order valence-corrected chi connectivity index (χ1v) is 8.23. The molecule has 0 amide bonds. The lowest BCUT2D eigenvalue weighted by atomic mass is 10.1. The molecule has 2 aromatic heterocycles. The van der Waals surface area contributed by atoms with Crippen molar-refractivity contribution in [1.29, 1.82) is 0 Å². The van der Waals surface area contributed by atoms with Gasteiger partial charge in [-0.2, -0.15) is 0 Å². The van der Waals surface area contributed by atoms with Gasteiger partial charge in [0.2, 0.25) is 0 Å². The topological polar surface area (TPSA) is 36.4 Å². The second-order valence-electron chi connectivity index (χ2n) is 4.71. The normalized spacial score (nSPS) is 11.2. The van der Waals surface area contributed by atoms with E-state index in [9.17, 15) is 5.11 Å². The molecule has 0 bridgehead atoms. The predicted octanol–water partition coefficient (Wildman–Crippen LogP) is 3.85. The van der Waals surface area contributed by atoms with Gasteiger partial charge >= 0.3 is 0 Å². The highest BCUT2D eigenvalue weighted by molar-refractivity contribution is 7.15. The van der Waals surface area contributed by atoms with Crippen LogP contribution in [0.1, 0.15) is 42.1 Å². The third kappa shape index (κ3) is 3.35. The molecule has 2 heterocycles. The summed E-state index contributed by atoms with van der Waals surface area (Å²) in [6.07, 6.45) is 0. The Kier molecular flexibility index (Phi) is 4.96. The van der Waals surface area contributed by atoms with Crippen molar-refractivity contribution in [3.63, 3.8) is 0 Å². The van der Waals surface area contributed by atoms with E-state index in [1.807, 2.05) is 0 Å². The molecule has 2 rings (SSSR count). The van der Waals surface area contributed by atoms with Crippen LogP contribution in [0.4, 0.5) is 5.13 Å². The standard InChI is InChI=1S/C14H20N2OS2/c1-4-16(8-11-6-5-7-18-11)14-15-13(10(2)3)12(9-17)19-14/h5-7,10,17H,4,8-9H2,1-3H3. The molecule has 2 aromatic rings. The van der Waals surface area contributed by atoms with Crippen LogP contribution in [0.15, 0.2) is 17.5 Å². The number of hydrogen-bond acceptors (Lipinski definition) is 5. The van der Waals surface area contributed by atoms with Gasteiger partial charge in [-0.15, -0.1) is 11.3 Å². The number of thiazole rings is 1. The lowest BCUT2D eigenvalue weighted by Gasteiger charge is -2.18. The van der Waals surface area contributed by atoms with Crippen LogP contribution >= 0.6 is 22.7 Å². The van der Waals surface area contributed by atoms with E-state index in [0.717, 1.165) is 28.8 Å². The van der Waals surface area contributed by atoms with Crippen molar-refractivity contribution >= 4 is 27.8 Å². The summed E-state index contributed by atoms with van der Waals surface area (Å²) < 4.78 is 0. The Balaban J connectivity index is 2.23. The molecule has 3 nitrogen and oxygen atoms in total. The molecule has 19 heavy (non-hydrogen) atoms. The summed E-state index contributed by atoms with van der Waals surface area (Å²) in [5, 5.41) is 12.6. The van der Waals surface area contributed by atoms with Crippen molar-refractivity contribution in [2.24, 2.45) is 0 Å². The molecule has 0 fully saturated rings. The quantitative estimate of drug-likeness (QED) is 0.879. The van der Waals surface area contributed by atoms with Crippen LogP contribution in [-0.2, 0) is 13.2 Å². The van der Waals surface area contributed by atoms with E-state index >= 15 is 0 Å². The Bertz CT molecular complexity index is 506. The Morgan fingerprint density at radius 2 is 2.21 bits per heavy atom. The van der Waals surface area contributed by atoms with Crippen LogP contribution in [0.3, 0.4) is 0 Å². The van der Waals surface area contributed by atoms with E-state index in [1.54, 1.807) is 22.7 Å². The van der Waals surface area contributed by atoms with E-state index < -0.39 is 0 Å². The maximum Gasteiger partial charge on any atom is 0.186 e. The number of hydrogen-bond donors (Lipinski definition) is 1. The van der Waals surface area contributed by atoms with E-state index in [0.29, 0.717) is 5.92 Å². The van der Waals surface area contributed by atoms with Gasteiger partial charge in [0, 0.05) is 11.4 Å². The minimum absolute atomic E-state index is 0.0851. The molecule has 0 aliphatic rings. The van der Waals surface area contributed by atoms with E-state index in [-0.39, 0.29) is 6.61 Å². The smallest absolute Gasteiger partial charge is 0.186 e. The zero-order valence-corrected chi connectivity index (χ0v) is 13.2. The summed E-state index contributed by atoms with van der Waals surface area (Å²) >= 11 is 3.38. The highest BCUT2D eigenvalue weighted by atomic mass is 32.1. The van der Waals surface area contributed by atoms with Crippen LogP contribution in [0, 0.1) is 0 Å². The number of anilines is 1. The lowest BCUT2D eigenvalue weighted by Crippen LogP contribution is -2.21. The first-order chi connectivity index (χ1) is 9.15. The first kappa shape index (κ1) is 14.5. The van der Waals surface area contributed by atoms with Gasteiger partial charge in [0.15, 0.2) is 5.13 Å². The third-order valence-corrected chi connectivity index (χ3v) is 4.96. The molecule has 5 heteroatoms. The van der Waals surface area contributed by atoms with Crippen molar-refractivity contribution < 1.29 is 5.11 Å². The van der Waals surface area contributed by atoms with Gasteiger partial charge in [0.05, 0.1) is 23.7 Å². The largest absolute Gasteiger partial charge is 0.391 e. The van der Waals surface area contributed by atoms with Crippen LogP contribution in [-0.4, -0.2) is 16.6 Å². The van der Waals surface area contributed by atoms with Gasteiger partial charge in [-0.05, 0) is 24.3 Å². The van der Waals surface area contributed by atoms with Crippen LogP contribution in [0.5, 0.6) is 0 Å². The molecule has 0 aliphatic carbocycles. The second-order valence-corrected chi connectivity index (χ2v) is 6.81. The molecular formula is C14H20N2OS2. The SMILES string of the molecule is CCN(Cc1cccs1)c1nc(C(C)C)c(CO)s1. The van der Waals surface area contributed by atoms with Crippen molar-refractivity contribution in [3.8, 4) is 0 Å². The minimum atomic E-state index is 0.0851. The van der Waals surface area contributed by atoms with Gasteiger partial charge < -0.3 is 10.0 Å². The molecule has 0 aliphatic heterocycles. The molecule has 0 atom stereocenters. The highest BCUT2D eigenvalue weighted by Gasteiger charge is 2.17. The molecule has 104 valence electrons. The Hall–Kier alpha value is -0.910. The minimum Gasteiger partial charge on any atom is -0.391 e. The van der Waals surface area contributed by atoms with Crippen molar-refractivity contribution in [1.82, 2.24) is 4.98 Å². The fraction of sp³-hybridized carbons (Fsp3) is 0.500. The number of aliphatic hydroxyl groups excluding tert-OH is 1. The van der Waals surface area contributed by atoms with Crippen molar-refractivity contribution in [2.75, 3.05) is 11.4 Å². The maximum absolute atomic E-state index is 9.45. The highest BCUT2D eigenvalue weighted by Crippen LogP contribution is 2.31. The second kappa shape index (κ2) is 6.50. The van der Waals surface area contributed by atoms with E-state index in [4.69, 9.17) is 4.98 Å². The Morgan fingerprint density at radius 1 is 1.42 bits per heavy atom. The Labute approximate surface area is 122 Å². The van der Waals surface area contributed by atoms with E-state index in [1.165, 1.54) is 4.88 Å². The molecular weight excluding hydrogens is 276 g/mol. The number of aliphatic hydroxyl groups is 1. The van der Waals surface area contributed by atoms with Crippen molar-refractivity contribution in [3.05, 3.63) is 33.0 Å². The summed E-state index contributed by atoms with van der Waals surface area (Å²) in [4.78, 5) is 9.32. The van der Waals surface area contributed by atoms with Crippen LogP contribution < -0.4 is 4.90 Å². The maximum atomic E-state index is 9.45. The lowest BCUT2D eigenvalue weighted by molar-refractivity contribution is 0.283. The van der Waals surface area contributed by atoms with Gasteiger partial charge in [0.25, 0.3) is 0 Å². The summed E-state index contributed by atoms with van der Waals surface area (Å²) in [6, 6.07) is 4.23. The van der Waals surface area contributed by atoms with Gasteiger partial charge in [-0.25, -0.2) is 4.98 Å². The number of nitrogens with zero attached hydrogens (tertiary/aromatic N) is 2. The van der Waals surface area contributed by atoms with Gasteiger partial charge in [-0.3, -0.25) is 0 Å². The monoisotopic (exact) mass is 296 g/mol. The fourth-order valence-corrected chi connectivity index (χ4v) is 3.81. The third-order valence-electron chi connectivity index (χ3n) is 2.99. The summed E-state index contributed by atoms with van der Waals surface area (Å²) in [7, 11) is 0. The molecule has 0 saturated carbocycles. The number of aromatic nitrogens is 1. The van der Waals surface area contributed by atoms with Gasteiger partial charge in [-0.1, -0.05) is 31.3 Å². The molecule has 0 unspecified atom stereocenters. The molecule has 0 saturated heterocycles. The zero-order valence-electron chi connectivity index (χ0n) is 11.6. The molecule has 1 N–H and O–H groups in total. The zero-order chi connectivity index (χ0) is 13.8. The van der Waals surface area contributed by atoms with E-state index in [2.05, 4.69) is 43.2 Å². The molecule has 0 aromatic carbocycles. The average molecular weight is 296 g/mol. The Morgan fingerprint density at radius 3 is 2.68 bits per heavy atom. The summed E-state index contributed by atoms with van der Waals surface area (Å²) in [6.45, 7) is 8.28. The van der Waals surface area contributed by atoms with Crippen LogP contribution in [0.2, 0.25) is 0 Å². The van der Waals surface area contributed by atoms with Gasteiger partial charge in [0.1, 0.15) is 0 Å².